The van der Waals surface area contributed by atoms with Crippen molar-refractivity contribution in [3.8, 4) is 0 Å². The Hall–Kier alpha value is -1.02. The van der Waals surface area contributed by atoms with E-state index in [0.29, 0.717) is 17.3 Å². The van der Waals surface area contributed by atoms with E-state index in [-0.39, 0.29) is 5.95 Å². The van der Waals surface area contributed by atoms with Gasteiger partial charge in [-0.05, 0) is 42.1 Å². The van der Waals surface area contributed by atoms with Gasteiger partial charge in [0.25, 0.3) is 4.73 Å². The minimum Gasteiger partial charge on any atom is -0.390 e. The van der Waals surface area contributed by atoms with Gasteiger partial charge >= 0.3 is 5.95 Å². The first kappa shape index (κ1) is 12.4. The maximum Gasteiger partial charge on any atom is 0.492 e. The molecular weight excluding hydrogens is 290 g/mol. The Labute approximate surface area is 107 Å². The molecule has 0 spiro atoms. The molecule has 1 saturated heterocycles. The van der Waals surface area contributed by atoms with Crippen LogP contribution in [0.25, 0.3) is 0 Å². The summed E-state index contributed by atoms with van der Waals surface area (Å²) in [4.78, 5) is 13.6. The van der Waals surface area contributed by atoms with Gasteiger partial charge in [-0.15, -0.1) is 0 Å². The maximum absolute atomic E-state index is 10.5. The van der Waals surface area contributed by atoms with Crippen LogP contribution >= 0.6 is 15.9 Å². The normalized spacial score (nSPS) is 19.7. The zero-order chi connectivity index (χ0) is 12.3. The summed E-state index contributed by atoms with van der Waals surface area (Å²) in [6, 6.07) is 0.590. The van der Waals surface area contributed by atoms with E-state index in [0.717, 1.165) is 19.4 Å². The van der Waals surface area contributed by atoms with E-state index in [1.165, 1.54) is 17.5 Å². The van der Waals surface area contributed by atoms with Crippen molar-refractivity contribution >= 4 is 21.9 Å². The van der Waals surface area contributed by atoms with Gasteiger partial charge in [0.2, 0.25) is 0 Å². The average molecular weight is 304 g/mol. The second-order valence-corrected chi connectivity index (χ2v) is 4.81. The summed E-state index contributed by atoms with van der Waals surface area (Å²) in [5.74, 6) is -0.351. The summed E-state index contributed by atoms with van der Waals surface area (Å²) in [5, 5.41) is 17.7. The molecule has 2 heterocycles. The van der Waals surface area contributed by atoms with Crippen molar-refractivity contribution in [2.75, 3.05) is 6.54 Å². The topological polar surface area (TPSA) is 85.9 Å². The fraction of sp³-hybridized carbons (Fsp3) is 0.778. The highest BCUT2D eigenvalue weighted by Gasteiger charge is 2.19. The van der Waals surface area contributed by atoms with Crippen molar-refractivity contribution in [3.63, 3.8) is 0 Å². The highest BCUT2D eigenvalue weighted by Crippen LogP contribution is 2.15. The van der Waals surface area contributed by atoms with E-state index in [2.05, 4.69) is 31.3 Å². The number of nitrogens with one attached hydrogen (secondary N) is 1. The molecule has 0 bridgehead atoms. The molecule has 1 aromatic heterocycles. The van der Waals surface area contributed by atoms with Crippen molar-refractivity contribution in [3.05, 3.63) is 14.8 Å². The largest absolute Gasteiger partial charge is 0.492 e. The Morgan fingerprint density at radius 2 is 2.47 bits per heavy atom. The summed E-state index contributed by atoms with van der Waals surface area (Å²) in [5.41, 5.74) is 0. The quantitative estimate of drug-likeness (QED) is 0.658. The Balaban J connectivity index is 1.83. The van der Waals surface area contributed by atoms with Gasteiger partial charge in [-0.3, -0.25) is 0 Å². The first-order valence-electron chi connectivity index (χ1n) is 5.65. The molecule has 0 radical (unpaired) electrons. The fourth-order valence-corrected chi connectivity index (χ4v) is 2.44. The molecule has 1 unspecified atom stereocenters. The molecule has 8 heteroatoms. The van der Waals surface area contributed by atoms with Crippen LogP contribution in [-0.2, 0) is 6.54 Å². The first-order chi connectivity index (χ1) is 8.16. The van der Waals surface area contributed by atoms with Crippen LogP contribution < -0.4 is 5.32 Å². The number of rotatable bonds is 5. The maximum atomic E-state index is 10.5. The summed E-state index contributed by atoms with van der Waals surface area (Å²) in [6.45, 7) is 1.75. The number of halogens is 1. The Morgan fingerprint density at radius 3 is 3.06 bits per heavy atom. The lowest BCUT2D eigenvalue weighted by Crippen LogP contribution is -2.21. The summed E-state index contributed by atoms with van der Waals surface area (Å²) in [6.07, 6.45) is 4.47. The SMILES string of the molecule is O=[N+]([O-])c1nc(Br)n(CCCC2CCCN2)n1. The molecule has 1 aliphatic rings. The number of aryl methyl sites for hydroxylation is 1. The van der Waals surface area contributed by atoms with Crippen molar-refractivity contribution in [1.29, 1.82) is 0 Å². The molecule has 0 aliphatic carbocycles. The molecule has 17 heavy (non-hydrogen) atoms. The molecule has 1 aliphatic heterocycles. The summed E-state index contributed by atoms with van der Waals surface area (Å²) < 4.78 is 1.95. The van der Waals surface area contributed by atoms with Crippen LogP contribution in [0.5, 0.6) is 0 Å². The molecule has 94 valence electrons. The van der Waals surface area contributed by atoms with E-state index in [9.17, 15) is 10.1 Å². The van der Waals surface area contributed by atoms with E-state index in [4.69, 9.17) is 0 Å². The van der Waals surface area contributed by atoms with Gasteiger partial charge < -0.3 is 15.4 Å². The number of aromatic nitrogens is 3. The van der Waals surface area contributed by atoms with Crippen LogP contribution in [0, 0.1) is 10.1 Å². The molecule has 2 rings (SSSR count). The van der Waals surface area contributed by atoms with Crippen molar-refractivity contribution in [1.82, 2.24) is 20.1 Å². The Morgan fingerprint density at radius 1 is 1.65 bits per heavy atom. The monoisotopic (exact) mass is 303 g/mol. The molecule has 0 amide bonds. The van der Waals surface area contributed by atoms with Gasteiger partial charge in [0.1, 0.15) is 0 Å². The zero-order valence-electron chi connectivity index (χ0n) is 9.30. The number of nitro groups is 1. The van der Waals surface area contributed by atoms with Gasteiger partial charge in [-0.2, -0.15) is 4.68 Å². The van der Waals surface area contributed by atoms with Crippen LogP contribution in [0.15, 0.2) is 4.73 Å². The summed E-state index contributed by atoms with van der Waals surface area (Å²) >= 11 is 3.17. The smallest absolute Gasteiger partial charge is 0.390 e. The van der Waals surface area contributed by atoms with E-state index >= 15 is 0 Å². The predicted octanol–water partition coefficient (Wildman–Crippen LogP) is 1.48. The molecular formula is C9H14BrN5O2. The third-order valence-corrected chi connectivity index (χ3v) is 3.45. The number of nitrogens with zero attached hydrogens (tertiary/aromatic N) is 4. The van der Waals surface area contributed by atoms with Crippen LogP contribution in [0.3, 0.4) is 0 Å². The Bertz CT molecular complexity index is 402. The molecule has 7 nitrogen and oxygen atoms in total. The molecule has 0 saturated carbocycles. The van der Waals surface area contributed by atoms with Gasteiger partial charge in [-0.1, -0.05) is 0 Å². The predicted molar refractivity (Wildman–Crippen MR) is 64.6 cm³/mol. The van der Waals surface area contributed by atoms with Crippen molar-refractivity contribution < 1.29 is 4.92 Å². The lowest BCUT2D eigenvalue weighted by Gasteiger charge is -2.08. The highest BCUT2D eigenvalue weighted by atomic mass is 79.9. The molecule has 1 aromatic rings. The zero-order valence-corrected chi connectivity index (χ0v) is 10.9. The second kappa shape index (κ2) is 5.54. The molecule has 1 fully saturated rings. The van der Waals surface area contributed by atoms with E-state index in [1.807, 2.05) is 0 Å². The van der Waals surface area contributed by atoms with Crippen molar-refractivity contribution in [2.45, 2.75) is 38.3 Å². The van der Waals surface area contributed by atoms with Crippen molar-refractivity contribution in [2.24, 2.45) is 0 Å². The minimum atomic E-state index is -0.584. The lowest BCUT2D eigenvalue weighted by molar-refractivity contribution is -0.394. The third kappa shape index (κ3) is 3.22. The standard InChI is InChI=1S/C9H14BrN5O2/c10-8-12-9(15(16)17)13-14(8)6-2-4-7-3-1-5-11-7/h7,11H,1-6H2. The number of hydrogen-bond donors (Lipinski definition) is 1. The first-order valence-corrected chi connectivity index (χ1v) is 6.44. The Kier molecular flexibility index (Phi) is 4.06. The lowest BCUT2D eigenvalue weighted by atomic mass is 10.1. The van der Waals surface area contributed by atoms with Gasteiger partial charge in [0, 0.05) is 27.1 Å². The molecule has 1 atom stereocenters. The fourth-order valence-electron chi connectivity index (χ4n) is 2.02. The second-order valence-electron chi connectivity index (χ2n) is 4.10. The van der Waals surface area contributed by atoms with Crippen LogP contribution in [-0.4, -0.2) is 32.3 Å². The van der Waals surface area contributed by atoms with Crippen LogP contribution in [0.2, 0.25) is 0 Å². The highest BCUT2D eigenvalue weighted by molar-refractivity contribution is 9.10. The van der Waals surface area contributed by atoms with Crippen LogP contribution in [0.4, 0.5) is 5.95 Å². The van der Waals surface area contributed by atoms with Crippen LogP contribution in [0.1, 0.15) is 25.7 Å². The molecule has 1 N–H and O–H groups in total. The van der Waals surface area contributed by atoms with Gasteiger partial charge in [0.15, 0.2) is 0 Å². The van der Waals surface area contributed by atoms with E-state index in [1.54, 1.807) is 0 Å². The van der Waals surface area contributed by atoms with Gasteiger partial charge in [0.05, 0.1) is 6.54 Å². The van der Waals surface area contributed by atoms with E-state index < -0.39 is 4.92 Å². The third-order valence-electron chi connectivity index (χ3n) is 2.86. The molecule has 0 aromatic carbocycles. The number of hydrogen-bond acceptors (Lipinski definition) is 5. The average Bonchev–Trinajstić information content (AvgIpc) is 2.89. The van der Waals surface area contributed by atoms with Gasteiger partial charge in [-0.25, -0.2) is 0 Å². The minimum absolute atomic E-state index is 0.351. The summed E-state index contributed by atoms with van der Waals surface area (Å²) in [7, 11) is 0.